The van der Waals surface area contributed by atoms with Crippen LogP contribution in [0.15, 0.2) is 58.2 Å². The van der Waals surface area contributed by atoms with Crippen molar-refractivity contribution in [3.8, 4) is 17.1 Å². The van der Waals surface area contributed by atoms with E-state index in [4.69, 9.17) is 27.7 Å². The highest BCUT2D eigenvalue weighted by molar-refractivity contribution is 7.98. The maximum Gasteiger partial charge on any atom is 0.237 e. The Morgan fingerprint density at radius 1 is 1.07 bits per heavy atom. The number of aromatic nitrogens is 5. The first-order chi connectivity index (χ1) is 13.1. The first-order valence-electron chi connectivity index (χ1n) is 8.00. The van der Waals surface area contributed by atoms with Crippen LogP contribution in [-0.2, 0) is 5.75 Å². The molecule has 0 spiro atoms. The van der Waals surface area contributed by atoms with Gasteiger partial charge < -0.3 is 4.52 Å². The van der Waals surface area contributed by atoms with Gasteiger partial charge in [-0.25, -0.2) is 0 Å². The second kappa shape index (κ2) is 7.72. The number of hydrogen-bond acceptors (Lipinski definition) is 6. The first kappa shape index (κ1) is 18.0. The predicted molar refractivity (Wildman–Crippen MR) is 105 cm³/mol. The van der Waals surface area contributed by atoms with Crippen molar-refractivity contribution in [2.75, 3.05) is 0 Å². The SMILES string of the molecule is Cc1noc(CSc2nnc(-c3ccc(Cl)cc3Cl)n2-c2ccccc2)n1. The van der Waals surface area contributed by atoms with Crippen LogP contribution in [0.3, 0.4) is 0 Å². The zero-order valence-corrected chi connectivity index (χ0v) is 16.5. The summed E-state index contributed by atoms with van der Waals surface area (Å²) in [6.45, 7) is 1.78. The van der Waals surface area contributed by atoms with Crippen molar-refractivity contribution >= 4 is 35.0 Å². The fourth-order valence-electron chi connectivity index (χ4n) is 2.54. The summed E-state index contributed by atoms with van der Waals surface area (Å²) in [5.74, 6) is 2.25. The average Bonchev–Trinajstić information content (AvgIpc) is 3.27. The van der Waals surface area contributed by atoms with Gasteiger partial charge in [0.15, 0.2) is 16.8 Å². The smallest absolute Gasteiger partial charge is 0.237 e. The van der Waals surface area contributed by atoms with Crippen LogP contribution in [0.4, 0.5) is 0 Å². The second-order valence-corrected chi connectivity index (χ2v) is 7.41. The van der Waals surface area contributed by atoms with E-state index < -0.39 is 0 Å². The lowest BCUT2D eigenvalue weighted by Gasteiger charge is -2.11. The van der Waals surface area contributed by atoms with E-state index in [2.05, 4.69) is 20.3 Å². The summed E-state index contributed by atoms with van der Waals surface area (Å²) < 4.78 is 7.13. The third-order valence-electron chi connectivity index (χ3n) is 3.71. The summed E-state index contributed by atoms with van der Waals surface area (Å²) in [6, 6.07) is 15.1. The van der Waals surface area contributed by atoms with Gasteiger partial charge in [-0.15, -0.1) is 10.2 Å². The van der Waals surface area contributed by atoms with Crippen molar-refractivity contribution in [2.24, 2.45) is 0 Å². The first-order valence-corrected chi connectivity index (χ1v) is 9.74. The van der Waals surface area contributed by atoms with Gasteiger partial charge in [0, 0.05) is 16.3 Å². The quantitative estimate of drug-likeness (QED) is 0.414. The number of nitrogens with zero attached hydrogens (tertiary/aromatic N) is 5. The molecular formula is C18H13Cl2N5OS. The minimum Gasteiger partial charge on any atom is -0.338 e. The van der Waals surface area contributed by atoms with Crippen LogP contribution < -0.4 is 0 Å². The Morgan fingerprint density at radius 2 is 1.89 bits per heavy atom. The van der Waals surface area contributed by atoms with E-state index in [1.165, 1.54) is 11.8 Å². The van der Waals surface area contributed by atoms with Crippen LogP contribution in [0.5, 0.6) is 0 Å². The third kappa shape index (κ3) is 3.85. The molecule has 2 heterocycles. The molecule has 0 aliphatic heterocycles. The lowest BCUT2D eigenvalue weighted by atomic mass is 10.2. The van der Waals surface area contributed by atoms with Gasteiger partial charge in [0.1, 0.15) is 0 Å². The number of rotatable bonds is 5. The monoisotopic (exact) mass is 417 g/mol. The van der Waals surface area contributed by atoms with E-state index >= 15 is 0 Å². The number of thioether (sulfide) groups is 1. The van der Waals surface area contributed by atoms with Crippen molar-refractivity contribution in [3.63, 3.8) is 0 Å². The molecule has 0 unspecified atom stereocenters. The second-order valence-electron chi connectivity index (χ2n) is 5.63. The molecule has 0 saturated carbocycles. The summed E-state index contributed by atoms with van der Waals surface area (Å²) in [4.78, 5) is 4.23. The molecule has 6 nitrogen and oxygen atoms in total. The van der Waals surface area contributed by atoms with Crippen LogP contribution in [0.1, 0.15) is 11.7 Å². The summed E-state index contributed by atoms with van der Waals surface area (Å²) in [7, 11) is 0. The molecule has 136 valence electrons. The summed E-state index contributed by atoms with van der Waals surface area (Å²) in [5.41, 5.74) is 1.67. The van der Waals surface area contributed by atoms with Crippen LogP contribution in [0, 0.1) is 6.92 Å². The molecule has 4 aromatic rings. The zero-order valence-electron chi connectivity index (χ0n) is 14.1. The zero-order chi connectivity index (χ0) is 18.8. The minimum atomic E-state index is 0.486. The van der Waals surface area contributed by atoms with Crippen LogP contribution in [0.25, 0.3) is 17.1 Å². The Labute approximate surface area is 169 Å². The molecule has 0 amide bonds. The van der Waals surface area contributed by atoms with Crippen LogP contribution in [0.2, 0.25) is 10.0 Å². The molecule has 2 aromatic carbocycles. The van der Waals surface area contributed by atoms with Crippen molar-refractivity contribution in [1.82, 2.24) is 24.9 Å². The molecule has 9 heteroatoms. The summed E-state index contributed by atoms with van der Waals surface area (Å²) in [5, 5.41) is 14.3. The fourth-order valence-corrected chi connectivity index (χ4v) is 3.83. The molecule has 0 atom stereocenters. The topological polar surface area (TPSA) is 69.6 Å². The molecule has 0 radical (unpaired) electrons. The Morgan fingerprint density at radius 3 is 2.59 bits per heavy atom. The van der Waals surface area contributed by atoms with Crippen LogP contribution in [-0.4, -0.2) is 24.9 Å². The molecular weight excluding hydrogens is 405 g/mol. The summed E-state index contributed by atoms with van der Waals surface area (Å²) >= 11 is 13.9. The van der Waals surface area contributed by atoms with Crippen molar-refractivity contribution in [3.05, 3.63) is 70.3 Å². The molecule has 27 heavy (non-hydrogen) atoms. The molecule has 4 rings (SSSR count). The lowest BCUT2D eigenvalue weighted by Crippen LogP contribution is -2.00. The third-order valence-corrected chi connectivity index (χ3v) is 5.18. The van der Waals surface area contributed by atoms with Crippen LogP contribution >= 0.6 is 35.0 Å². The van der Waals surface area contributed by atoms with Gasteiger partial charge in [-0.2, -0.15) is 4.98 Å². The fraction of sp³-hybridized carbons (Fsp3) is 0.111. The Balaban J connectivity index is 1.76. The average molecular weight is 418 g/mol. The number of halogens is 2. The molecule has 2 aromatic heterocycles. The van der Waals surface area contributed by atoms with Gasteiger partial charge in [-0.05, 0) is 37.3 Å². The van der Waals surface area contributed by atoms with E-state index in [1.807, 2.05) is 41.0 Å². The van der Waals surface area contributed by atoms with E-state index in [1.54, 1.807) is 19.1 Å². The van der Waals surface area contributed by atoms with Gasteiger partial charge in [-0.3, -0.25) is 4.57 Å². The maximum atomic E-state index is 6.40. The molecule has 0 fully saturated rings. The molecule has 0 saturated heterocycles. The highest BCUT2D eigenvalue weighted by Crippen LogP contribution is 2.34. The minimum absolute atomic E-state index is 0.486. The van der Waals surface area contributed by atoms with Crippen molar-refractivity contribution in [2.45, 2.75) is 17.8 Å². The predicted octanol–water partition coefficient (Wildman–Crippen LogP) is 5.22. The molecule has 0 aliphatic carbocycles. The normalized spacial score (nSPS) is 11.1. The Hall–Kier alpha value is -2.35. The van der Waals surface area contributed by atoms with E-state index in [-0.39, 0.29) is 0 Å². The highest BCUT2D eigenvalue weighted by atomic mass is 35.5. The molecule has 0 bridgehead atoms. The van der Waals surface area contributed by atoms with E-state index in [9.17, 15) is 0 Å². The number of aryl methyl sites for hydroxylation is 1. The molecule has 0 aliphatic rings. The van der Waals surface area contributed by atoms with E-state index in [0.29, 0.717) is 38.5 Å². The van der Waals surface area contributed by atoms with E-state index in [0.717, 1.165) is 11.3 Å². The van der Waals surface area contributed by atoms with Crippen molar-refractivity contribution in [1.29, 1.82) is 0 Å². The number of benzene rings is 2. The largest absolute Gasteiger partial charge is 0.338 e. The lowest BCUT2D eigenvalue weighted by molar-refractivity contribution is 0.387. The Kier molecular flexibility index (Phi) is 5.15. The number of para-hydroxylation sites is 1. The van der Waals surface area contributed by atoms with Gasteiger partial charge in [-0.1, -0.05) is 58.3 Å². The van der Waals surface area contributed by atoms with Crippen molar-refractivity contribution < 1.29 is 4.52 Å². The highest BCUT2D eigenvalue weighted by Gasteiger charge is 2.19. The molecule has 0 N–H and O–H groups in total. The maximum absolute atomic E-state index is 6.40. The van der Waals surface area contributed by atoms with Gasteiger partial charge >= 0.3 is 0 Å². The van der Waals surface area contributed by atoms with Gasteiger partial charge in [0.05, 0.1) is 10.8 Å². The summed E-state index contributed by atoms with van der Waals surface area (Å²) in [6.07, 6.45) is 0. The van der Waals surface area contributed by atoms with Gasteiger partial charge in [0.2, 0.25) is 5.89 Å². The Bertz CT molecular complexity index is 1080. The standard InChI is InChI=1S/C18H13Cl2N5OS/c1-11-21-16(26-24-11)10-27-18-23-22-17(14-8-7-12(19)9-15(14)20)25(18)13-5-3-2-4-6-13/h2-9H,10H2,1H3. The van der Waals surface area contributed by atoms with Gasteiger partial charge in [0.25, 0.3) is 0 Å². The number of hydrogen-bond donors (Lipinski definition) is 0.